The molecule has 7 heteroatoms. The van der Waals surface area contributed by atoms with Gasteiger partial charge in [0.05, 0.1) is 25.5 Å². The van der Waals surface area contributed by atoms with E-state index in [0.717, 1.165) is 45.2 Å². The van der Waals surface area contributed by atoms with Crippen molar-refractivity contribution in [3.05, 3.63) is 59.0 Å². The molecule has 0 amide bonds. The van der Waals surface area contributed by atoms with E-state index in [2.05, 4.69) is 28.4 Å². The molecule has 4 nitrogen and oxygen atoms in total. The van der Waals surface area contributed by atoms with Gasteiger partial charge in [0.1, 0.15) is 11.5 Å². The molecule has 1 aromatic carbocycles. The molecule has 2 aromatic rings. The lowest BCUT2D eigenvalue weighted by molar-refractivity contribution is 0.0340. The number of nitrogens with zero attached hydrogens (tertiary/aromatic N) is 1. The van der Waals surface area contributed by atoms with Gasteiger partial charge in [-0.05, 0) is 23.3 Å². The van der Waals surface area contributed by atoms with E-state index in [1.54, 1.807) is 6.07 Å². The smallest absolute Gasteiger partial charge is 0.284 e. The zero-order valence-corrected chi connectivity index (χ0v) is 15.4. The number of rotatable bonds is 9. The number of furan rings is 1. The Morgan fingerprint density at radius 1 is 1.00 bits per heavy atom. The summed E-state index contributed by atoms with van der Waals surface area (Å²) in [6, 6.07) is 12.0. The molecule has 0 unspecified atom stereocenters. The molecule has 0 bridgehead atoms. The van der Waals surface area contributed by atoms with Crippen molar-refractivity contribution in [1.29, 1.82) is 0 Å². The quantitative estimate of drug-likeness (QED) is 0.713. The summed E-state index contributed by atoms with van der Waals surface area (Å²) in [4.78, 5) is 2.40. The molecular weight excluding hydrogens is 358 g/mol. The Kier molecular flexibility index (Phi) is 7.49. The highest BCUT2D eigenvalue weighted by atomic mass is 32.2. The molecule has 2 heterocycles. The van der Waals surface area contributed by atoms with Crippen LogP contribution in [0, 0.1) is 0 Å². The van der Waals surface area contributed by atoms with E-state index in [9.17, 15) is 8.78 Å². The van der Waals surface area contributed by atoms with Crippen molar-refractivity contribution >= 4 is 11.8 Å². The predicted octanol–water partition coefficient (Wildman–Crippen LogP) is 3.86. The summed E-state index contributed by atoms with van der Waals surface area (Å²) in [7, 11) is 0. The maximum Gasteiger partial charge on any atom is 0.284 e. The molecule has 0 spiro atoms. The summed E-state index contributed by atoms with van der Waals surface area (Å²) in [5.41, 5.74) is 2.58. The third kappa shape index (κ3) is 6.09. The average Bonchev–Trinajstić information content (AvgIpc) is 3.10. The van der Waals surface area contributed by atoms with E-state index in [-0.39, 0.29) is 5.75 Å². The summed E-state index contributed by atoms with van der Waals surface area (Å²) < 4.78 is 35.4. The van der Waals surface area contributed by atoms with E-state index in [4.69, 9.17) is 9.15 Å². The molecule has 1 aliphatic rings. The number of halogens is 2. The fourth-order valence-corrected chi connectivity index (χ4v) is 3.39. The van der Waals surface area contributed by atoms with Crippen LogP contribution in [0.4, 0.5) is 8.78 Å². The Morgan fingerprint density at radius 3 is 2.50 bits per heavy atom. The molecule has 0 radical (unpaired) electrons. The van der Waals surface area contributed by atoms with Crippen LogP contribution in [0.5, 0.6) is 0 Å². The Labute approximate surface area is 156 Å². The van der Waals surface area contributed by atoms with E-state index in [0.29, 0.717) is 24.1 Å². The molecule has 3 rings (SSSR count). The van der Waals surface area contributed by atoms with Crippen LogP contribution in [0.2, 0.25) is 0 Å². The Bertz CT molecular complexity index is 675. The van der Waals surface area contributed by atoms with Crippen LogP contribution in [-0.2, 0) is 30.1 Å². The van der Waals surface area contributed by atoms with Gasteiger partial charge in [-0.15, -0.1) is 0 Å². The number of hydrogen-bond acceptors (Lipinski definition) is 5. The number of nitrogens with one attached hydrogen (secondary N) is 1. The second-order valence-electron chi connectivity index (χ2n) is 6.20. The molecule has 0 saturated carbocycles. The lowest BCUT2D eigenvalue weighted by atomic mass is 10.1. The first-order chi connectivity index (χ1) is 12.7. The lowest BCUT2D eigenvalue weighted by Crippen LogP contribution is -2.36. The number of ether oxygens (including phenoxy) is 1. The van der Waals surface area contributed by atoms with E-state index in [1.807, 2.05) is 12.1 Å². The molecule has 0 aliphatic carbocycles. The van der Waals surface area contributed by atoms with Gasteiger partial charge in [0.15, 0.2) is 0 Å². The lowest BCUT2D eigenvalue weighted by Gasteiger charge is -2.27. The summed E-state index contributed by atoms with van der Waals surface area (Å²) in [6.45, 7) is 5.77. The van der Waals surface area contributed by atoms with Crippen molar-refractivity contribution in [1.82, 2.24) is 10.2 Å². The number of thioether (sulfide) groups is 1. The van der Waals surface area contributed by atoms with Gasteiger partial charge in [-0.2, -0.15) is 8.78 Å². The third-order valence-electron chi connectivity index (χ3n) is 4.30. The van der Waals surface area contributed by atoms with Gasteiger partial charge in [-0.1, -0.05) is 36.0 Å². The fourth-order valence-electron chi connectivity index (χ4n) is 2.94. The first kappa shape index (κ1) is 19.4. The van der Waals surface area contributed by atoms with Crippen LogP contribution < -0.4 is 5.32 Å². The van der Waals surface area contributed by atoms with Gasteiger partial charge in [0.25, 0.3) is 5.76 Å². The van der Waals surface area contributed by atoms with Crippen LogP contribution in [0.25, 0.3) is 0 Å². The van der Waals surface area contributed by atoms with E-state index < -0.39 is 5.76 Å². The van der Waals surface area contributed by atoms with Gasteiger partial charge in [0.2, 0.25) is 0 Å². The van der Waals surface area contributed by atoms with Crippen LogP contribution in [0.1, 0.15) is 22.6 Å². The number of alkyl halides is 2. The first-order valence-corrected chi connectivity index (χ1v) is 9.80. The normalized spacial score (nSPS) is 15.7. The van der Waals surface area contributed by atoms with E-state index >= 15 is 0 Å². The molecule has 0 atom stereocenters. The topological polar surface area (TPSA) is 37.6 Å². The van der Waals surface area contributed by atoms with Gasteiger partial charge in [0, 0.05) is 26.2 Å². The number of benzene rings is 1. The highest BCUT2D eigenvalue weighted by molar-refractivity contribution is 7.98. The standard InChI is InChI=1S/C19H24F2N2O2S/c20-19(21)26-14-18-6-5-17(25-18)12-22-11-15-3-1-2-4-16(15)13-23-7-9-24-10-8-23/h1-6,19,22H,7-14H2. The third-order valence-corrected chi connectivity index (χ3v) is 5.00. The molecule has 142 valence electrons. The minimum atomic E-state index is -2.37. The van der Waals surface area contributed by atoms with Crippen LogP contribution in [0.3, 0.4) is 0 Å². The molecule has 1 saturated heterocycles. The summed E-state index contributed by atoms with van der Waals surface area (Å²) >= 11 is 0.576. The van der Waals surface area contributed by atoms with E-state index in [1.165, 1.54) is 11.1 Å². The van der Waals surface area contributed by atoms with Crippen molar-refractivity contribution in [3.63, 3.8) is 0 Å². The number of hydrogen-bond donors (Lipinski definition) is 1. The van der Waals surface area contributed by atoms with Crippen LogP contribution in [-0.4, -0.2) is 37.0 Å². The van der Waals surface area contributed by atoms with Crippen molar-refractivity contribution in [2.75, 3.05) is 26.3 Å². The Hall–Kier alpha value is -1.41. The Morgan fingerprint density at radius 2 is 1.73 bits per heavy atom. The molecule has 1 fully saturated rings. The highest BCUT2D eigenvalue weighted by Gasteiger charge is 2.13. The second kappa shape index (κ2) is 10.1. The maximum atomic E-state index is 12.2. The predicted molar refractivity (Wildman–Crippen MR) is 99.1 cm³/mol. The molecule has 1 aliphatic heterocycles. The zero-order valence-electron chi connectivity index (χ0n) is 14.6. The maximum absolute atomic E-state index is 12.2. The minimum absolute atomic E-state index is 0.194. The van der Waals surface area contributed by atoms with Crippen molar-refractivity contribution in [2.24, 2.45) is 0 Å². The molecule has 26 heavy (non-hydrogen) atoms. The highest BCUT2D eigenvalue weighted by Crippen LogP contribution is 2.21. The molecule has 1 aromatic heterocycles. The molecule has 1 N–H and O–H groups in total. The first-order valence-electron chi connectivity index (χ1n) is 8.75. The van der Waals surface area contributed by atoms with Crippen molar-refractivity contribution in [2.45, 2.75) is 31.1 Å². The fraction of sp³-hybridized carbons (Fsp3) is 0.474. The van der Waals surface area contributed by atoms with Gasteiger partial charge in [-0.25, -0.2) is 0 Å². The van der Waals surface area contributed by atoms with Gasteiger partial charge >= 0.3 is 0 Å². The summed E-state index contributed by atoms with van der Waals surface area (Å²) in [5.74, 6) is -0.829. The minimum Gasteiger partial charge on any atom is -0.464 e. The Balaban J connectivity index is 1.48. The van der Waals surface area contributed by atoms with Crippen molar-refractivity contribution < 1.29 is 17.9 Å². The van der Waals surface area contributed by atoms with Gasteiger partial charge in [-0.3, -0.25) is 4.90 Å². The monoisotopic (exact) mass is 382 g/mol. The van der Waals surface area contributed by atoms with Crippen LogP contribution >= 0.6 is 11.8 Å². The average molecular weight is 382 g/mol. The zero-order chi connectivity index (χ0) is 18.2. The summed E-state index contributed by atoms with van der Waals surface area (Å²) in [5, 5.41) is 3.38. The van der Waals surface area contributed by atoms with Gasteiger partial charge < -0.3 is 14.5 Å². The molecular formula is C19H24F2N2O2S. The SMILES string of the molecule is FC(F)SCc1ccc(CNCc2ccccc2CN2CCOCC2)o1. The summed E-state index contributed by atoms with van der Waals surface area (Å²) in [6.07, 6.45) is 0. The second-order valence-corrected chi connectivity index (χ2v) is 7.18. The van der Waals surface area contributed by atoms with Crippen LogP contribution in [0.15, 0.2) is 40.8 Å². The number of morpholine rings is 1. The largest absolute Gasteiger partial charge is 0.464 e. The van der Waals surface area contributed by atoms with Crippen molar-refractivity contribution in [3.8, 4) is 0 Å².